The van der Waals surface area contributed by atoms with E-state index in [-0.39, 0.29) is 13.4 Å². The molecular weight excluding hydrogens is 301 g/mol. The van der Waals surface area contributed by atoms with Gasteiger partial charge in [0.2, 0.25) is 6.79 Å². The third-order valence-electron chi connectivity index (χ3n) is 2.78. The van der Waals surface area contributed by atoms with Crippen molar-refractivity contribution in [3.05, 3.63) is 28.3 Å². The summed E-state index contributed by atoms with van der Waals surface area (Å²) in [5, 5.41) is 3.78. The molecule has 0 saturated heterocycles. The third kappa shape index (κ3) is 3.95. The summed E-state index contributed by atoms with van der Waals surface area (Å²) in [7, 11) is 0. The smallest absolute Gasteiger partial charge is 0.231 e. The number of hydrogen-bond donors (Lipinski definition) is 1. The molecule has 0 radical (unpaired) electrons. The van der Waals surface area contributed by atoms with Gasteiger partial charge in [0, 0.05) is 23.7 Å². The van der Waals surface area contributed by atoms with E-state index in [1.807, 2.05) is 12.1 Å². The van der Waals surface area contributed by atoms with E-state index < -0.39 is 0 Å². The molecule has 0 atom stereocenters. The first-order valence-electron chi connectivity index (χ1n) is 6.45. The summed E-state index contributed by atoms with van der Waals surface area (Å²) in [5.74, 6) is 2.14. The highest BCUT2D eigenvalue weighted by molar-refractivity contribution is 6.36. The molecule has 6 heteroatoms. The second-order valence-electron chi connectivity index (χ2n) is 4.33. The van der Waals surface area contributed by atoms with Gasteiger partial charge in [0.25, 0.3) is 0 Å². The predicted octanol–water partition coefficient (Wildman–Crippen LogP) is 3.61. The molecular formula is C14H17Cl2NO3. The van der Waals surface area contributed by atoms with Gasteiger partial charge in [-0.1, -0.05) is 30.1 Å². The van der Waals surface area contributed by atoms with E-state index in [1.165, 1.54) is 5.54 Å². The van der Waals surface area contributed by atoms with Gasteiger partial charge >= 0.3 is 0 Å². The summed E-state index contributed by atoms with van der Waals surface area (Å²) < 4.78 is 16.4. The van der Waals surface area contributed by atoms with E-state index in [0.29, 0.717) is 17.3 Å². The van der Waals surface area contributed by atoms with Crippen LogP contribution >= 0.6 is 23.2 Å². The van der Waals surface area contributed by atoms with Crippen molar-refractivity contribution in [3.63, 3.8) is 0 Å². The van der Waals surface area contributed by atoms with Crippen LogP contribution in [0.2, 0.25) is 0 Å². The van der Waals surface area contributed by atoms with Gasteiger partial charge in [0.15, 0.2) is 11.5 Å². The van der Waals surface area contributed by atoms with Crippen LogP contribution in [0, 0.1) is 0 Å². The van der Waals surface area contributed by atoms with Crippen LogP contribution in [0.4, 0.5) is 0 Å². The maximum Gasteiger partial charge on any atom is 0.231 e. The average Bonchev–Trinajstić information content (AvgIpc) is 2.91. The van der Waals surface area contributed by atoms with Crippen LogP contribution in [0.1, 0.15) is 18.9 Å². The minimum atomic E-state index is 0.228. The Bertz CT molecular complexity index is 492. The molecule has 1 heterocycles. The molecule has 1 N–H and O–H groups in total. The van der Waals surface area contributed by atoms with Crippen LogP contribution in [0.25, 0.3) is 0 Å². The molecule has 0 saturated carbocycles. The highest BCUT2D eigenvalue weighted by Crippen LogP contribution is 2.38. The Balaban J connectivity index is 2.13. The lowest BCUT2D eigenvalue weighted by Crippen LogP contribution is -2.15. The van der Waals surface area contributed by atoms with E-state index in [0.717, 1.165) is 30.0 Å². The molecule has 0 aromatic heterocycles. The van der Waals surface area contributed by atoms with E-state index in [2.05, 4.69) is 12.2 Å². The molecule has 0 fully saturated rings. The van der Waals surface area contributed by atoms with Crippen LogP contribution < -0.4 is 19.5 Å². The maximum absolute atomic E-state index is 5.84. The largest absolute Gasteiger partial charge is 0.487 e. The Kier molecular flexibility index (Phi) is 5.83. The van der Waals surface area contributed by atoms with Crippen LogP contribution in [-0.2, 0) is 6.54 Å². The number of hydrogen-bond acceptors (Lipinski definition) is 4. The number of benzene rings is 1. The Hall–Kier alpha value is -1.10. The first-order chi connectivity index (χ1) is 9.74. The molecule has 0 aliphatic carbocycles. The van der Waals surface area contributed by atoms with Crippen molar-refractivity contribution < 1.29 is 14.2 Å². The molecule has 0 unspecified atom stereocenters. The van der Waals surface area contributed by atoms with Gasteiger partial charge in [0.05, 0.1) is 5.03 Å². The van der Waals surface area contributed by atoms with Crippen molar-refractivity contribution >= 4 is 23.2 Å². The Labute approximate surface area is 128 Å². The lowest BCUT2D eigenvalue weighted by molar-refractivity contribution is 0.174. The summed E-state index contributed by atoms with van der Waals surface area (Å²) in [6, 6.07) is 3.75. The zero-order chi connectivity index (χ0) is 14.4. The molecule has 2 rings (SSSR count). The molecule has 0 bridgehead atoms. The summed E-state index contributed by atoms with van der Waals surface area (Å²) in [4.78, 5) is 0. The van der Waals surface area contributed by atoms with Gasteiger partial charge in [-0.15, -0.1) is 0 Å². The van der Waals surface area contributed by atoms with Crippen molar-refractivity contribution in [2.24, 2.45) is 0 Å². The first-order valence-corrected chi connectivity index (χ1v) is 7.26. The fourth-order valence-electron chi connectivity index (χ4n) is 1.82. The number of halogens is 2. The minimum Gasteiger partial charge on any atom is -0.487 e. The van der Waals surface area contributed by atoms with Crippen molar-refractivity contribution in [1.82, 2.24) is 5.32 Å². The lowest BCUT2D eigenvalue weighted by atomic mass is 10.1. The summed E-state index contributed by atoms with van der Waals surface area (Å²) >= 11 is 11.4. The monoisotopic (exact) mass is 317 g/mol. The Morgan fingerprint density at radius 1 is 1.40 bits per heavy atom. The van der Waals surface area contributed by atoms with Crippen molar-refractivity contribution in [3.8, 4) is 17.2 Å². The number of nitrogens with one attached hydrogen (secondary N) is 1. The van der Waals surface area contributed by atoms with Crippen LogP contribution in [0.3, 0.4) is 0 Å². The standard InChI is InChI=1S/C14H17Cl2NO3/c1-2-3-17-7-10-4-13-14(20-9-19-13)5-12(10)18-8-11(16)6-15/h4-6,17H,2-3,7-9H2,1H3. The second-order valence-corrected chi connectivity index (χ2v) is 5.04. The average molecular weight is 318 g/mol. The zero-order valence-electron chi connectivity index (χ0n) is 11.2. The Morgan fingerprint density at radius 2 is 2.15 bits per heavy atom. The van der Waals surface area contributed by atoms with Crippen molar-refractivity contribution in [2.45, 2.75) is 19.9 Å². The molecule has 1 aliphatic heterocycles. The molecule has 110 valence electrons. The zero-order valence-corrected chi connectivity index (χ0v) is 12.8. The van der Waals surface area contributed by atoms with Crippen LogP contribution in [0.15, 0.2) is 22.7 Å². The van der Waals surface area contributed by atoms with Gasteiger partial charge in [-0.2, -0.15) is 0 Å². The number of rotatable bonds is 7. The second kappa shape index (κ2) is 7.62. The van der Waals surface area contributed by atoms with Gasteiger partial charge in [-0.3, -0.25) is 0 Å². The summed E-state index contributed by atoms with van der Waals surface area (Å²) in [6.45, 7) is 4.22. The number of ether oxygens (including phenoxy) is 3. The third-order valence-corrected chi connectivity index (χ3v) is 3.38. The van der Waals surface area contributed by atoms with E-state index in [1.54, 1.807) is 0 Å². The van der Waals surface area contributed by atoms with E-state index in [4.69, 9.17) is 37.4 Å². The van der Waals surface area contributed by atoms with E-state index in [9.17, 15) is 0 Å². The molecule has 0 amide bonds. The maximum atomic E-state index is 5.84. The highest BCUT2D eigenvalue weighted by atomic mass is 35.5. The molecule has 20 heavy (non-hydrogen) atoms. The van der Waals surface area contributed by atoms with Crippen molar-refractivity contribution in [2.75, 3.05) is 19.9 Å². The normalized spacial score (nSPS) is 13.7. The fraction of sp³-hybridized carbons (Fsp3) is 0.429. The molecule has 1 aromatic rings. The highest BCUT2D eigenvalue weighted by Gasteiger charge is 2.18. The quantitative estimate of drug-likeness (QED) is 0.780. The van der Waals surface area contributed by atoms with Gasteiger partial charge < -0.3 is 19.5 Å². The van der Waals surface area contributed by atoms with E-state index >= 15 is 0 Å². The lowest BCUT2D eigenvalue weighted by Gasteiger charge is -2.13. The SMILES string of the molecule is CCCNCc1cc2c(cc1OCC(Cl)=CCl)OCO2. The first kappa shape index (κ1) is 15.3. The van der Waals surface area contributed by atoms with Gasteiger partial charge in [0.1, 0.15) is 12.4 Å². The summed E-state index contributed by atoms with van der Waals surface area (Å²) in [5.41, 5.74) is 2.30. The molecule has 1 aliphatic rings. The predicted molar refractivity (Wildman–Crippen MR) is 79.8 cm³/mol. The summed E-state index contributed by atoms with van der Waals surface area (Å²) in [6.07, 6.45) is 1.07. The van der Waals surface area contributed by atoms with Gasteiger partial charge in [-0.25, -0.2) is 0 Å². The van der Waals surface area contributed by atoms with Gasteiger partial charge in [-0.05, 0) is 19.0 Å². The molecule has 1 aromatic carbocycles. The fourth-order valence-corrected chi connectivity index (χ4v) is 1.93. The van der Waals surface area contributed by atoms with Crippen molar-refractivity contribution in [1.29, 1.82) is 0 Å². The van der Waals surface area contributed by atoms with Crippen LogP contribution in [-0.4, -0.2) is 19.9 Å². The minimum absolute atomic E-state index is 0.228. The molecule has 4 nitrogen and oxygen atoms in total. The molecule has 0 spiro atoms. The van der Waals surface area contributed by atoms with Crippen LogP contribution in [0.5, 0.6) is 17.2 Å². The number of fused-ring (bicyclic) bond motifs is 1. The Morgan fingerprint density at radius 3 is 2.85 bits per heavy atom. The topological polar surface area (TPSA) is 39.7 Å².